The zero-order chi connectivity index (χ0) is 17.3. The summed E-state index contributed by atoms with van der Waals surface area (Å²) in [5, 5.41) is 3.92. The first-order valence-electron chi connectivity index (χ1n) is 8.24. The van der Waals surface area contributed by atoms with Crippen molar-refractivity contribution in [1.82, 2.24) is 10.3 Å². The second-order valence-corrected chi connectivity index (χ2v) is 6.78. The predicted octanol–water partition coefficient (Wildman–Crippen LogP) is 4.80. The molecule has 1 amide bonds. The molecule has 1 aromatic heterocycles. The van der Waals surface area contributed by atoms with E-state index >= 15 is 0 Å². The number of aromatic nitrogens is 1. The Morgan fingerprint density at radius 3 is 2.36 bits per heavy atom. The molecule has 0 radical (unpaired) electrons. The summed E-state index contributed by atoms with van der Waals surface area (Å²) in [6, 6.07) is 15.1. The number of rotatable bonds is 4. The predicted molar refractivity (Wildman–Crippen MR) is 96.4 cm³/mol. The van der Waals surface area contributed by atoms with E-state index in [4.69, 9.17) is 16.0 Å². The zero-order valence-corrected chi connectivity index (χ0v) is 14.3. The molecule has 0 saturated heterocycles. The molecule has 3 aromatic rings. The number of nitrogens with one attached hydrogen (secondary N) is 1. The SMILES string of the molecule is O=C(NC1(c2ccc(Cl)cc2)CCC1)c1ccc(-c2cnco2)cc1. The van der Waals surface area contributed by atoms with Crippen molar-refractivity contribution in [3.05, 3.63) is 77.3 Å². The Hall–Kier alpha value is -2.59. The largest absolute Gasteiger partial charge is 0.444 e. The lowest BCUT2D eigenvalue weighted by molar-refractivity contribution is 0.0823. The normalized spacial score (nSPS) is 15.4. The Morgan fingerprint density at radius 2 is 1.80 bits per heavy atom. The van der Waals surface area contributed by atoms with Gasteiger partial charge in [0.05, 0.1) is 11.7 Å². The minimum Gasteiger partial charge on any atom is -0.444 e. The smallest absolute Gasteiger partial charge is 0.251 e. The maximum Gasteiger partial charge on any atom is 0.251 e. The number of nitrogens with zero attached hydrogens (tertiary/aromatic N) is 1. The van der Waals surface area contributed by atoms with Gasteiger partial charge in [-0.25, -0.2) is 4.98 Å². The van der Waals surface area contributed by atoms with Gasteiger partial charge in [0.2, 0.25) is 0 Å². The van der Waals surface area contributed by atoms with E-state index in [1.165, 1.54) is 6.39 Å². The molecule has 1 aliphatic rings. The average molecular weight is 353 g/mol. The fourth-order valence-corrected chi connectivity index (χ4v) is 3.34. The van der Waals surface area contributed by atoms with Crippen molar-refractivity contribution in [2.75, 3.05) is 0 Å². The Morgan fingerprint density at radius 1 is 1.08 bits per heavy atom. The van der Waals surface area contributed by atoms with Crippen LogP contribution in [0.4, 0.5) is 0 Å². The summed E-state index contributed by atoms with van der Waals surface area (Å²) < 4.78 is 5.27. The minimum atomic E-state index is -0.286. The quantitative estimate of drug-likeness (QED) is 0.733. The van der Waals surface area contributed by atoms with Gasteiger partial charge >= 0.3 is 0 Å². The van der Waals surface area contributed by atoms with Crippen molar-refractivity contribution in [3.63, 3.8) is 0 Å². The third kappa shape index (κ3) is 3.05. The molecule has 1 heterocycles. The molecule has 126 valence electrons. The van der Waals surface area contributed by atoms with Crippen LogP contribution in [-0.2, 0) is 5.54 Å². The van der Waals surface area contributed by atoms with Crippen LogP contribution in [0.3, 0.4) is 0 Å². The summed E-state index contributed by atoms with van der Waals surface area (Å²) in [5.41, 5.74) is 2.34. The van der Waals surface area contributed by atoms with Gasteiger partial charge in [0.1, 0.15) is 0 Å². The van der Waals surface area contributed by atoms with E-state index in [0.717, 1.165) is 30.4 Å². The average Bonchev–Trinajstić information content (AvgIpc) is 3.14. The van der Waals surface area contributed by atoms with Crippen LogP contribution in [0.1, 0.15) is 35.2 Å². The maximum atomic E-state index is 12.7. The van der Waals surface area contributed by atoms with E-state index in [9.17, 15) is 4.79 Å². The van der Waals surface area contributed by atoms with Crippen molar-refractivity contribution in [1.29, 1.82) is 0 Å². The van der Waals surface area contributed by atoms with Crippen LogP contribution in [0.5, 0.6) is 0 Å². The molecular weight excluding hydrogens is 336 g/mol. The lowest BCUT2D eigenvalue weighted by atomic mass is 9.71. The number of halogens is 1. The minimum absolute atomic E-state index is 0.0706. The van der Waals surface area contributed by atoms with Crippen molar-refractivity contribution in [2.24, 2.45) is 0 Å². The molecule has 5 heteroatoms. The van der Waals surface area contributed by atoms with E-state index in [2.05, 4.69) is 10.3 Å². The Bertz CT molecular complexity index is 867. The summed E-state index contributed by atoms with van der Waals surface area (Å²) >= 11 is 5.98. The molecule has 0 atom stereocenters. The fraction of sp³-hybridized carbons (Fsp3) is 0.200. The second kappa shape index (κ2) is 6.37. The Kier molecular flexibility index (Phi) is 4.06. The van der Waals surface area contributed by atoms with Crippen LogP contribution in [0.25, 0.3) is 11.3 Å². The number of hydrogen-bond acceptors (Lipinski definition) is 3. The Balaban J connectivity index is 1.53. The van der Waals surface area contributed by atoms with Gasteiger partial charge < -0.3 is 9.73 Å². The van der Waals surface area contributed by atoms with Gasteiger partial charge in [-0.15, -0.1) is 0 Å². The third-order valence-electron chi connectivity index (χ3n) is 4.82. The first-order valence-corrected chi connectivity index (χ1v) is 8.62. The van der Waals surface area contributed by atoms with Crippen molar-refractivity contribution < 1.29 is 9.21 Å². The highest BCUT2D eigenvalue weighted by atomic mass is 35.5. The van der Waals surface area contributed by atoms with E-state index in [1.807, 2.05) is 36.4 Å². The van der Waals surface area contributed by atoms with Gasteiger partial charge in [-0.05, 0) is 49.1 Å². The summed E-state index contributed by atoms with van der Waals surface area (Å²) in [4.78, 5) is 16.6. The van der Waals surface area contributed by atoms with Crippen LogP contribution in [0.2, 0.25) is 5.02 Å². The number of benzene rings is 2. The number of amides is 1. The van der Waals surface area contributed by atoms with Crippen molar-refractivity contribution in [3.8, 4) is 11.3 Å². The van der Waals surface area contributed by atoms with Gasteiger partial charge in [-0.1, -0.05) is 35.9 Å². The van der Waals surface area contributed by atoms with Gasteiger partial charge in [0, 0.05) is 16.1 Å². The molecule has 0 spiro atoms. The van der Waals surface area contributed by atoms with E-state index in [-0.39, 0.29) is 11.4 Å². The lowest BCUT2D eigenvalue weighted by Crippen LogP contribution is -2.50. The monoisotopic (exact) mass is 352 g/mol. The highest BCUT2D eigenvalue weighted by molar-refractivity contribution is 6.30. The molecular formula is C20H17ClN2O2. The Labute approximate surface area is 150 Å². The second-order valence-electron chi connectivity index (χ2n) is 6.34. The molecule has 1 saturated carbocycles. The van der Waals surface area contributed by atoms with Gasteiger partial charge in [-0.3, -0.25) is 4.79 Å². The molecule has 4 nitrogen and oxygen atoms in total. The standard InChI is InChI=1S/C20H17ClN2O2/c21-17-8-6-16(7-9-17)20(10-1-11-20)23-19(24)15-4-2-14(3-5-15)18-12-22-13-25-18/h2-9,12-13H,1,10-11H2,(H,23,24). The van der Waals surface area contributed by atoms with Gasteiger partial charge in [0.25, 0.3) is 5.91 Å². The topological polar surface area (TPSA) is 55.1 Å². The summed E-state index contributed by atoms with van der Waals surface area (Å²) in [6.07, 6.45) is 6.03. The van der Waals surface area contributed by atoms with Crippen LogP contribution in [0.15, 0.2) is 65.5 Å². The molecule has 0 aliphatic heterocycles. The van der Waals surface area contributed by atoms with Crippen molar-refractivity contribution >= 4 is 17.5 Å². The third-order valence-corrected chi connectivity index (χ3v) is 5.07. The number of oxazole rings is 1. The highest BCUT2D eigenvalue weighted by Crippen LogP contribution is 2.41. The molecule has 25 heavy (non-hydrogen) atoms. The summed E-state index contributed by atoms with van der Waals surface area (Å²) in [7, 11) is 0. The van der Waals surface area contributed by atoms with Crippen molar-refractivity contribution in [2.45, 2.75) is 24.8 Å². The summed E-state index contributed by atoms with van der Waals surface area (Å²) in [6.45, 7) is 0. The molecule has 1 N–H and O–H groups in total. The van der Waals surface area contributed by atoms with E-state index in [0.29, 0.717) is 16.3 Å². The lowest BCUT2D eigenvalue weighted by Gasteiger charge is -2.43. The number of carbonyl (C=O) groups excluding carboxylic acids is 1. The van der Waals surface area contributed by atoms with E-state index < -0.39 is 0 Å². The first-order chi connectivity index (χ1) is 12.2. The molecule has 1 aliphatic carbocycles. The molecule has 0 bridgehead atoms. The molecule has 1 fully saturated rings. The molecule has 2 aromatic carbocycles. The zero-order valence-electron chi connectivity index (χ0n) is 13.5. The molecule has 4 rings (SSSR count). The summed E-state index contributed by atoms with van der Waals surface area (Å²) in [5.74, 6) is 0.613. The maximum absolute atomic E-state index is 12.7. The van der Waals surface area contributed by atoms with Gasteiger partial charge in [0.15, 0.2) is 12.2 Å². The number of carbonyl (C=O) groups is 1. The van der Waals surface area contributed by atoms with Crippen LogP contribution in [-0.4, -0.2) is 10.9 Å². The number of hydrogen-bond donors (Lipinski definition) is 1. The van der Waals surface area contributed by atoms with Crippen LogP contribution < -0.4 is 5.32 Å². The van der Waals surface area contributed by atoms with Crippen LogP contribution in [0, 0.1) is 0 Å². The highest BCUT2D eigenvalue weighted by Gasteiger charge is 2.40. The first kappa shape index (κ1) is 15.9. The van der Waals surface area contributed by atoms with Gasteiger partial charge in [-0.2, -0.15) is 0 Å². The molecule has 0 unspecified atom stereocenters. The fourth-order valence-electron chi connectivity index (χ4n) is 3.22. The van der Waals surface area contributed by atoms with E-state index in [1.54, 1.807) is 18.3 Å². The van der Waals surface area contributed by atoms with Crippen LogP contribution >= 0.6 is 11.6 Å².